The lowest BCUT2D eigenvalue weighted by molar-refractivity contribution is 0.0194. The Balaban J connectivity index is 2.07. The molecule has 2 rings (SSSR count). The van der Waals surface area contributed by atoms with E-state index in [1.54, 1.807) is 7.11 Å². The summed E-state index contributed by atoms with van der Waals surface area (Å²) in [7, 11) is 1.68. The van der Waals surface area contributed by atoms with Crippen molar-refractivity contribution >= 4 is 0 Å². The zero-order valence-corrected chi connectivity index (χ0v) is 11.1. The first-order valence-electron chi connectivity index (χ1n) is 6.43. The van der Waals surface area contributed by atoms with E-state index in [-0.39, 0.29) is 12.1 Å². The highest BCUT2D eigenvalue weighted by molar-refractivity contribution is 5.39. The van der Waals surface area contributed by atoms with Crippen LogP contribution in [-0.4, -0.2) is 32.9 Å². The molecule has 0 amide bonds. The highest BCUT2D eigenvalue weighted by Crippen LogP contribution is 2.28. The van der Waals surface area contributed by atoms with Crippen molar-refractivity contribution in [2.75, 3.05) is 26.8 Å². The molecule has 1 heterocycles. The van der Waals surface area contributed by atoms with E-state index in [1.165, 1.54) is 5.56 Å². The highest BCUT2D eigenvalue weighted by atomic mass is 16.5. The first-order chi connectivity index (χ1) is 8.70. The third kappa shape index (κ3) is 3.22. The molecule has 0 aliphatic carbocycles. The molecule has 4 nitrogen and oxygen atoms in total. The second-order valence-corrected chi connectivity index (χ2v) is 4.78. The topological polar surface area (TPSA) is 56.5 Å². The molecule has 1 aliphatic heterocycles. The van der Waals surface area contributed by atoms with E-state index in [0.717, 1.165) is 37.4 Å². The van der Waals surface area contributed by atoms with E-state index >= 15 is 0 Å². The van der Waals surface area contributed by atoms with Crippen LogP contribution in [0.1, 0.15) is 23.6 Å². The Morgan fingerprint density at radius 2 is 2.39 bits per heavy atom. The van der Waals surface area contributed by atoms with Gasteiger partial charge in [0.15, 0.2) is 0 Å². The van der Waals surface area contributed by atoms with Crippen LogP contribution in [0.5, 0.6) is 5.75 Å². The number of benzene rings is 1. The number of nitrogens with two attached hydrogens (primary N) is 1. The van der Waals surface area contributed by atoms with E-state index in [9.17, 15) is 0 Å². The molecule has 1 fully saturated rings. The summed E-state index contributed by atoms with van der Waals surface area (Å²) >= 11 is 0. The van der Waals surface area contributed by atoms with Crippen molar-refractivity contribution in [2.24, 2.45) is 5.73 Å². The summed E-state index contributed by atoms with van der Waals surface area (Å²) in [6, 6.07) is 6.06. The fourth-order valence-corrected chi connectivity index (χ4v) is 2.32. The van der Waals surface area contributed by atoms with E-state index in [0.29, 0.717) is 0 Å². The number of nitrogens with one attached hydrogen (secondary N) is 1. The van der Waals surface area contributed by atoms with E-state index in [2.05, 4.69) is 18.3 Å². The molecule has 0 saturated carbocycles. The molecule has 2 unspecified atom stereocenters. The van der Waals surface area contributed by atoms with Crippen LogP contribution in [0.2, 0.25) is 0 Å². The minimum Gasteiger partial charge on any atom is -0.496 e. The van der Waals surface area contributed by atoms with Crippen LogP contribution in [0, 0.1) is 6.92 Å². The lowest BCUT2D eigenvalue weighted by Gasteiger charge is -2.26. The number of hydrogen-bond acceptors (Lipinski definition) is 4. The third-order valence-electron chi connectivity index (χ3n) is 3.31. The predicted molar refractivity (Wildman–Crippen MR) is 71.9 cm³/mol. The summed E-state index contributed by atoms with van der Waals surface area (Å²) in [5, 5.41) is 3.32. The monoisotopic (exact) mass is 250 g/mol. The van der Waals surface area contributed by atoms with Crippen molar-refractivity contribution in [1.29, 1.82) is 0 Å². The van der Waals surface area contributed by atoms with Gasteiger partial charge in [0.25, 0.3) is 0 Å². The molecule has 2 atom stereocenters. The molecule has 1 aromatic carbocycles. The Hall–Kier alpha value is -1.10. The Labute approximate surface area is 108 Å². The van der Waals surface area contributed by atoms with Crippen LogP contribution in [0.15, 0.2) is 18.2 Å². The standard InChI is InChI=1S/C14H22N2O2/c1-10-3-4-14(17-2)12(7-10)13(15)8-11-9-16-5-6-18-11/h3-4,7,11,13,16H,5-6,8-9,15H2,1-2H3. The first-order valence-corrected chi connectivity index (χ1v) is 6.43. The lowest BCUT2D eigenvalue weighted by atomic mass is 9.98. The Kier molecular flexibility index (Phi) is 4.58. The average molecular weight is 250 g/mol. The fourth-order valence-electron chi connectivity index (χ4n) is 2.32. The van der Waals surface area contributed by atoms with Crippen LogP contribution in [0.25, 0.3) is 0 Å². The van der Waals surface area contributed by atoms with Gasteiger partial charge in [0.05, 0.1) is 19.8 Å². The van der Waals surface area contributed by atoms with Gasteiger partial charge in [-0.25, -0.2) is 0 Å². The summed E-state index contributed by atoms with van der Waals surface area (Å²) in [6.07, 6.45) is 1.01. The van der Waals surface area contributed by atoms with Crippen LogP contribution < -0.4 is 15.8 Å². The number of hydrogen-bond donors (Lipinski definition) is 2. The minimum absolute atomic E-state index is 0.0512. The summed E-state index contributed by atoms with van der Waals surface area (Å²) in [4.78, 5) is 0. The zero-order chi connectivity index (χ0) is 13.0. The maximum Gasteiger partial charge on any atom is 0.123 e. The number of ether oxygens (including phenoxy) is 2. The number of methoxy groups -OCH3 is 1. The van der Waals surface area contributed by atoms with Crippen molar-refractivity contribution in [3.05, 3.63) is 29.3 Å². The fraction of sp³-hybridized carbons (Fsp3) is 0.571. The average Bonchev–Trinajstić information content (AvgIpc) is 2.40. The Bertz CT molecular complexity index is 389. The molecule has 18 heavy (non-hydrogen) atoms. The van der Waals surface area contributed by atoms with Crippen LogP contribution >= 0.6 is 0 Å². The largest absolute Gasteiger partial charge is 0.496 e. The molecule has 0 spiro atoms. The van der Waals surface area contributed by atoms with Gasteiger partial charge in [-0.05, 0) is 19.4 Å². The van der Waals surface area contributed by atoms with E-state index < -0.39 is 0 Å². The van der Waals surface area contributed by atoms with Crippen molar-refractivity contribution in [3.63, 3.8) is 0 Å². The molecular weight excluding hydrogens is 228 g/mol. The van der Waals surface area contributed by atoms with E-state index in [1.807, 2.05) is 12.1 Å². The lowest BCUT2D eigenvalue weighted by Crippen LogP contribution is -2.40. The van der Waals surface area contributed by atoms with Crippen molar-refractivity contribution in [2.45, 2.75) is 25.5 Å². The molecular formula is C14H22N2O2. The normalized spacial score (nSPS) is 21.6. The van der Waals surface area contributed by atoms with Gasteiger partial charge in [0.2, 0.25) is 0 Å². The van der Waals surface area contributed by atoms with Gasteiger partial charge in [-0.1, -0.05) is 17.7 Å². The SMILES string of the molecule is COc1ccc(C)cc1C(N)CC1CNCCO1. The summed E-state index contributed by atoms with van der Waals surface area (Å²) in [6.45, 7) is 4.64. The summed E-state index contributed by atoms with van der Waals surface area (Å²) in [5.41, 5.74) is 8.54. The maximum atomic E-state index is 6.28. The molecule has 1 aromatic rings. The van der Waals surface area contributed by atoms with Crippen molar-refractivity contribution in [1.82, 2.24) is 5.32 Å². The first kappa shape index (κ1) is 13.3. The summed E-state index contributed by atoms with van der Waals surface area (Å²) in [5.74, 6) is 0.858. The quantitative estimate of drug-likeness (QED) is 0.847. The van der Waals surface area contributed by atoms with E-state index in [4.69, 9.17) is 15.2 Å². The molecule has 100 valence electrons. The maximum absolute atomic E-state index is 6.28. The Morgan fingerprint density at radius 3 is 3.06 bits per heavy atom. The predicted octanol–water partition coefficient (Wildman–Crippen LogP) is 1.38. The van der Waals surface area contributed by atoms with Gasteiger partial charge < -0.3 is 20.5 Å². The molecule has 1 saturated heterocycles. The number of morpholine rings is 1. The number of aryl methyl sites for hydroxylation is 1. The van der Waals surface area contributed by atoms with Gasteiger partial charge in [-0.3, -0.25) is 0 Å². The van der Waals surface area contributed by atoms with Crippen LogP contribution in [-0.2, 0) is 4.74 Å². The second kappa shape index (κ2) is 6.18. The van der Waals surface area contributed by atoms with Crippen LogP contribution in [0.4, 0.5) is 0 Å². The molecule has 0 radical (unpaired) electrons. The van der Waals surface area contributed by atoms with Crippen LogP contribution in [0.3, 0.4) is 0 Å². The molecule has 0 aromatic heterocycles. The van der Waals surface area contributed by atoms with Gasteiger partial charge in [-0.15, -0.1) is 0 Å². The minimum atomic E-state index is -0.0512. The zero-order valence-electron chi connectivity index (χ0n) is 11.1. The van der Waals surface area contributed by atoms with Gasteiger partial charge in [0.1, 0.15) is 5.75 Å². The molecule has 1 aliphatic rings. The van der Waals surface area contributed by atoms with Crippen molar-refractivity contribution < 1.29 is 9.47 Å². The molecule has 0 bridgehead atoms. The second-order valence-electron chi connectivity index (χ2n) is 4.78. The highest BCUT2D eigenvalue weighted by Gasteiger charge is 2.20. The molecule has 4 heteroatoms. The number of rotatable bonds is 4. The van der Waals surface area contributed by atoms with Gasteiger partial charge in [0, 0.05) is 24.7 Å². The third-order valence-corrected chi connectivity index (χ3v) is 3.31. The van der Waals surface area contributed by atoms with Gasteiger partial charge in [-0.2, -0.15) is 0 Å². The summed E-state index contributed by atoms with van der Waals surface area (Å²) < 4.78 is 11.1. The molecule has 3 N–H and O–H groups in total. The van der Waals surface area contributed by atoms with Crippen molar-refractivity contribution in [3.8, 4) is 5.75 Å². The van der Waals surface area contributed by atoms with Gasteiger partial charge >= 0.3 is 0 Å². The Morgan fingerprint density at radius 1 is 1.56 bits per heavy atom. The smallest absolute Gasteiger partial charge is 0.123 e.